The normalized spacial score (nSPS) is 36.6. The van der Waals surface area contributed by atoms with Gasteiger partial charge < -0.3 is 4.90 Å². The van der Waals surface area contributed by atoms with Crippen molar-refractivity contribution in [3.05, 3.63) is 0 Å². The molecule has 2 aliphatic carbocycles. The van der Waals surface area contributed by atoms with Crippen LogP contribution in [-0.2, 0) is 14.8 Å². The quantitative estimate of drug-likeness (QED) is 0.833. The lowest BCUT2D eigenvalue weighted by Gasteiger charge is -2.24. The summed E-state index contributed by atoms with van der Waals surface area (Å²) in [6.07, 6.45) is 3.93. The van der Waals surface area contributed by atoms with Crippen LogP contribution in [0.1, 0.15) is 46.5 Å². The number of carbonyl (C=O) groups is 1. The van der Waals surface area contributed by atoms with Crippen LogP contribution in [0, 0.1) is 17.8 Å². The first-order valence-electron chi connectivity index (χ1n) is 8.11. The number of nitrogens with one attached hydrogen (secondary N) is 1. The highest BCUT2D eigenvalue weighted by Gasteiger charge is 2.53. The van der Waals surface area contributed by atoms with E-state index in [2.05, 4.69) is 16.5 Å². The van der Waals surface area contributed by atoms with Gasteiger partial charge >= 0.3 is 0 Å². The molecule has 0 unspecified atom stereocenters. The van der Waals surface area contributed by atoms with E-state index in [-0.39, 0.29) is 11.8 Å². The van der Waals surface area contributed by atoms with Crippen LogP contribution in [0.3, 0.4) is 0 Å². The highest BCUT2D eigenvalue weighted by molar-refractivity contribution is 7.90. The number of rotatable bonds is 5. The van der Waals surface area contributed by atoms with E-state index < -0.39 is 15.3 Å². The molecule has 0 aromatic rings. The molecule has 2 saturated carbocycles. The van der Waals surface area contributed by atoms with Gasteiger partial charge in [-0.15, -0.1) is 0 Å². The summed E-state index contributed by atoms with van der Waals surface area (Å²) in [6.45, 7) is 6.06. The molecule has 3 fully saturated rings. The van der Waals surface area contributed by atoms with E-state index >= 15 is 0 Å². The van der Waals surface area contributed by atoms with Crippen LogP contribution in [0.5, 0.6) is 0 Å². The van der Waals surface area contributed by atoms with E-state index in [1.54, 1.807) is 13.8 Å². The predicted molar refractivity (Wildman–Crippen MR) is 81.1 cm³/mol. The second kappa shape index (κ2) is 5.23. The van der Waals surface area contributed by atoms with Gasteiger partial charge in [0.2, 0.25) is 15.9 Å². The molecule has 6 heteroatoms. The summed E-state index contributed by atoms with van der Waals surface area (Å²) in [6, 6.07) is 0.833. The second-order valence-corrected chi connectivity index (χ2v) is 9.61. The highest BCUT2D eigenvalue weighted by atomic mass is 32.2. The van der Waals surface area contributed by atoms with Crippen LogP contribution < -0.4 is 4.72 Å². The standard InChI is InChI=1S/C15H26N2O3S/c1-9(2)21(19,20)16-8-13-10(3)6-14-12(13)7-15(18)17(14)11-4-5-11/h9-14,16H,4-8H2,1-3H3/t10-,12-,13+,14+/m0/s1. The average molecular weight is 314 g/mol. The molecule has 0 spiro atoms. The van der Waals surface area contributed by atoms with Crippen molar-refractivity contribution >= 4 is 15.9 Å². The fourth-order valence-corrected chi connectivity index (χ4v) is 4.85. The Morgan fingerprint density at radius 1 is 1.33 bits per heavy atom. The largest absolute Gasteiger partial charge is 0.336 e. The minimum atomic E-state index is -3.22. The Morgan fingerprint density at radius 3 is 2.57 bits per heavy atom. The van der Waals surface area contributed by atoms with E-state index in [0.717, 1.165) is 19.3 Å². The van der Waals surface area contributed by atoms with Crippen molar-refractivity contribution in [1.82, 2.24) is 9.62 Å². The molecule has 0 bridgehead atoms. The molecule has 120 valence electrons. The van der Waals surface area contributed by atoms with Gasteiger partial charge in [0.05, 0.1) is 5.25 Å². The van der Waals surface area contributed by atoms with Gasteiger partial charge in [-0.1, -0.05) is 6.92 Å². The zero-order valence-corrected chi connectivity index (χ0v) is 13.9. The molecule has 0 aromatic carbocycles. The molecule has 1 saturated heterocycles. The summed E-state index contributed by atoms with van der Waals surface area (Å²) in [5.41, 5.74) is 0. The summed E-state index contributed by atoms with van der Waals surface area (Å²) in [5, 5.41) is -0.404. The maximum Gasteiger partial charge on any atom is 0.223 e. The van der Waals surface area contributed by atoms with Crippen LogP contribution in [0.25, 0.3) is 0 Å². The highest BCUT2D eigenvalue weighted by Crippen LogP contribution is 2.49. The minimum Gasteiger partial charge on any atom is -0.336 e. The van der Waals surface area contributed by atoms with Gasteiger partial charge in [-0.05, 0) is 50.9 Å². The van der Waals surface area contributed by atoms with Crippen molar-refractivity contribution in [1.29, 1.82) is 0 Å². The summed E-state index contributed by atoms with van der Waals surface area (Å²) in [4.78, 5) is 14.3. The van der Waals surface area contributed by atoms with Crippen LogP contribution in [-0.4, -0.2) is 43.1 Å². The molecule has 3 rings (SSSR count). The predicted octanol–water partition coefficient (Wildman–Crippen LogP) is 1.35. The molecule has 0 radical (unpaired) electrons. The second-order valence-electron chi connectivity index (χ2n) is 7.29. The Bertz CT molecular complexity index is 527. The Morgan fingerprint density at radius 2 is 2.00 bits per heavy atom. The third-order valence-electron chi connectivity index (χ3n) is 5.53. The third-order valence-corrected chi connectivity index (χ3v) is 7.34. The molecule has 21 heavy (non-hydrogen) atoms. The lowest BCUT2D eigenvalue weighted by atomic mass is 9.89. The van der Waals surface area contributed by atoms with E-state index in [9.17, 15) is 13.2 Å². The third kappa shape index (κ3) is 2.72. The van der Waals surface area contributed by atoms with Gasteiger partial charge in [-0.3, -0.25) is 4.79 Å². The minimum absolute atomic E-state index is 0.288. The molecule has 1 N–H and O–H groups in total. The van der Waals surface area contributed by atoms with Gasteiger partial charge in [0.25, 0.3) is 0 Å². The molecule has 1 amide bonds. The van der Waals surface area contributed by atoms with Crippen LogP contribution in [0.15, 0.2) is 0 Å². The topological polar surface area (TPSA) is 66.5 Å². The van der Waals surface area contributed by atoms with Crippen molar-refractivity contribution in [3.8, 4) is 0 Å². The number of amides is 1. The van der Waals surface area contributed by atoms with Crippen molar-refractivity contribution in [2.24, 2.45) is 17.8 Å². The van der Waals surface area contributed by atoms with Crippen molar-refractivity contribution < 1.29 is 13.2 Å². The van der Waals surface area contributed by atoms with Gasteiger partial charge in [0, 0.05) is 25.0 Å². The number of sulfonamides is 1. The Kier molecular flexibility index (Phi) is 3.81. The molecule has 4 atom stereocenters. The van der Waals surface area contributed by atoms with Gasteiger partial charge in [-0.2, -0.15) is 0 Å². The maximum atomic E-state index is 12.2. The van der Waals surface area contributed by atoms with E-state index in [4.69, 9.17) is 0 Å². The van der Waals surface area contributed by atoms with E-state index in [1.165, 1.54) is 0 Å². The fourth-order valence-electron chi connectivity index (χ4n) is 4.10. The molecule has 0 aromatic heterocycles. The van der Waals surface area contributed by atoms with E-state index in [1.807, 2.05) is 0 Å². The maximum absolute atomic E-state index is 12.2. The van der Waals surface area contributed by atoms with Gasteiger partial charge in [0.15, 0.2) is 0 Å². The smallest absolute Gasteiger partial charge is 0.223 e. The van der Waals surface area contributed by atoms with E-state index in [0.29, 0.717) is 36.9 Å². The average Bonchev–Trinajstić information content (AvgIpc) is 3.09. The molecular formula is C15H26N2O3S. The molecular weight excluding hydrogens is 288 g/mol. The lowest BCUT2D eigenvalue weighted by Crippen LogP contribution is -2.38. The van der Waals surface area contributed by atoms with Crippen molar-refractivity contribution in [2.75, 3.05) is 6.54 Å². The number of carbonyl (C=O) groups excluding carboxylic acids is 1. The first-order chi connectivity index (χ1) is 9.81. The molecule has 1 aliphatic heterocycles. The number of hydrogen-bond acceptors (Lipinski definition) is 3. The van der Waals surface area contributed by atoms with Crippen molar-refractivity contribution in [2.45, 2.75) is 63.8 Å². The summed E-state index contributed by atoms with van der Waals surface area (Å²) in [7, 11) is -3.22. The Balaban J connectivity index is 1.68. The summed E-state index contributed by atoms with van der Waals surface area (Å²) < 4.78 is 26.6. The first kappa shape index (κ1) is 15.3. The SMILES string of the molecule is CC(C)S(=O)(=O)NC[C@H]1[C@@H]2CC(=O)N(C3CC3)[C@@H]2C[C@@H]1C. The summed E-state index contributed by atoms with van der Waals surface area (Å²) in [5.74, 6) is 1.39. The summed E-state index contributed by atoms with van der Waals surface area (Å²) >= 11 is 0. The zero-order valence-electron chi connectivity index (χ0n) is 13.1. The Hall–Kier alpha value is -0.620. The first-order valence-corrected chi connectivity index (χ1v) is 9.65. The van der Waals surface area contributed by atoms with Crippen molar-refractivity contribution in [3.63, 3.8) is 0 Å². The monoisotopic (exact) mass is 314 g/mol. The zero-order chi connectivity index (χ0) is 15.4. The fraction of sp³-hybridized carbons (Fsp3) is 0.933. The Labute approximate surface area is 127 Å². The molecule has 3 aliphatic rings. The number of hydrogen-bond donors (Lipinski definition) is 1. The van der Waals surface area contributed by atoms with Gasteiger partial charge in [0.1, 0.15) is 0 Å². The van der Waals surface area contributed by atoms with Gasteiger partial charge in [-0.25, -0.2) is 13.1 Å². The molecule has 5 nitrogen and oxygen atoms in total. The molecule has 1 heterocycles. The van der Waals surface area contributed by atoms with Crippen LogP contribution >= 0.6 is 0 Å². The lowest BCUT2D eigenvalue weighted by molar-refractivity contribution is -0.129. The van der Waals surface area contributed by atoms with Crippen LogP contribution in [0.4, 0.5) is 0 Å². The number of nitrogens with zero attached hydrogens (tertiary/aromatic N) is 1. The van der Waals surface area contributed by atoms with Crippen LogP contribution in [0.2, 0.25) is 0 Å². The number of likely N-dealkylation sites (tertiary alicyclic amines) is 1. The number of fused-ring (bicyclic) bond motifs is 1.